The molecule has 0 saturated heterocycles. The molecule has 1 aromatic carbocycles. The molecule has 90 valence electrons. The first-order valence-electron chi connectivity index (χ1n) is 5.71. The Morgan fingerprint density at radius 1 is 1.11 bits per heavy atom. The highest BCUT2D eigenvalue weighted by atomic mass is 32.2. The summed E-state index contributed by atoms with van der Waals surface area (Å²) < 4.78 is 0. The van der Waals surface area contributed by atoms with E-state index >= 15 is 0 Å². The first-order valence-corrected chi connectivity index (χ1v) is 7.57. The van der Waals surface area contributed by atoms with Crippen LogP contribution in [-0.4, -0.2) is 9.97 Å². The molecule has 0 aliphatic rings. The van der Waals surface area contributed by atoms with Crippen LogP contribution in [0.5, 0.6) is 0 Å². The maximum Gasteiger partial charge on any atom is 0.0971 e. The Morgan fingerprint density at radius 3 is 2.83 bits per heavy atom. The van der Waals surface area contributed by atoms with Gasteiger partial charge in [0.05, 0.1) is 21.2 Å². The molecule has 0 spiro atoms. The van der Waals surface area contributed by atoms with Crippen molar-refractivity contribution in [3.63, 3.8) is 0 Å². The Hall–Kier alpha value is -1.39. The Morgan fingerprint density at radius 2 is 2.00 bits per heavy atom. The van der Waals surface area contributed by atoms with Crippen LogP contribution in [0.15, 0.2) is 46.8 Å². The molecule has 2 nitrogen and oxygen atoms in total. The van der Waals surface area contributed by atoms with Crippen molar-refractivity contribution in [1.82, 2.24) is 9.97 Å². The van der Waals surface area contributed by atoms with Crippen molar-refractivity contribution in [2.75, 3.05) is 0 Å². The summed E-state index contributed by atoms with van der Waals surface area (Å²) in [5.41, 5.74) is 2.19. The number of fused-ring (bicyclic) bond motifs is 1. The molecule has 0 amide bonds. The Balaban J connectivity index is 1.78. The summed E-state index contributed by atoms with van der Waals surface area (Å²) >= 11 is 3.43. The molecule has 0 saturated carbocycles. The molecule has 0 aliphatic heterocycles. The Bertz CT molecular complexity index is 676. The molecule has 0 radical (unpaired) electrons. The Labute approximate surface area is 114 Å². The van der Waals surface area contributed by atoms with Gasteiger partial charge in [0.1, 0.15) is 0 Å². The average Bonchev–Trinajstić information content (AvgIpc) is 2.82. The van der Waals surface area contributed by atoms with E-state index in [0.717, 1.165) is 27.0 Å². The largest absolute Gasteiger partial charge is 0.246 e. The summed E-state index contributed by atoms with van der Waals surface area (Å²) in [6, 6.07) is 12.4. The Kier molecular flexibility index (Phi) is 3.30. The van der Waals surface area contributed by atoms with Crippen molar-refractivity contribution in [3.05, 3.63) is 52.5 Å². The molecule has 3 rings (SSSR count). The number of rotatable bonds is 3. The van der Waals surface area contributed by atoms with Crippen LogP contribution in [0.4, 0.5) is 0 Å². The number of hydrogen-bond donors (Lipinski definition) is 0. The first kappa shape index (κ1) is 11.7. The minimum Gasteiger partial charge on any atom is -0.246 e. The summed E-state index contributed by atoms with van der Waals surface area (Å²) in [5, 5.41) is 5.48. The number of pyridine rings is 1. The maximum absolute atomic E-state index is 4.64. The molecule has 0 unspecified atom stereocenters. The third-order valence-electron chi connectivity index (χ3n) is 2.61. The smallest absolute Gasteiger partial charge is 0.0971 e. The van der Waals surface area contributed by atoms with E-state index in [9.17, 15) is 0 Å². The van der Waals surface area contributed by atoms with Gasteiger partial charge in [0.25, 0.3) is 0 Å². The lowest BCUT2D eigenvalue weighted by atomic mass is 10.2. The van der Waals surface area contributed by atoms with Gasteiger partial charge in [-0.25, -0.2) is 9.97 Å². The molecule has 18 heavy (non-hydrogen) atoms. The van der Waals surface area contributed by atoms with E-state index in [-0.39, 0.29) is 0 Å². The van der Waals surface area contributed by atoms with Gasteiger partial charge in [0.15, 0.2) is 0 Å². The molecule has 0 fully saturated rings. The zero-order valence-corrected chi connectivity index (χ0v) is 11.6. The van der Waals surface area contributed by atoms with Crippen LogP contribution < -0.4 is 0 Å². The normalized spacial score (nSPS) is 10.9. The van der Waals surface area contributed by atoms with Crippen LogP contribution in [0.2, 0.25) is 0 Å². The number of para-hydroxylation sites is 1. The molecule has 2 aromatic heterocycles. The SMILES string of the molecule is Cc1nc(CSc2ccc3ccccc3n2)cs1. The van der Waals surface area contributed by atoms with Crippen LogP contribution in [-0.2, 0) is 5.75 Å². The fraction of sp³-hybridized carbons (Fsp3) is 0.143. The predicted octanol–water partition coefficient (Wildman–Crippen LogP) is 4.29. The minimum absolute atomic E-state index is 0.885. The fourth-order valence-electron chi connectivity index (χ4n) is 1.75. The summed E-state index contributed by atoms with van der Waals surface area (Å²) in [6.45, 7) is 2.03. The molecule has 0 aliphatic carbocycles. The van der Waals surface area contributed by atoms with Gasteiger partial charge in [-0.3, -0.25) is 0 Å². The summed E-state index contributed by atoms with van der Waals surface area (Å²) in [6.07, 6.45) is 0. The van der Waals surface area contributed by atoms with Crippen molar-refractivity contribution in [3.8, 4) is 0 Å². The quantitative estimate of drug-likeness (QED) is 0.665. The molecule has 0 bridgehead atoms. The van der Waals surface area contributed by atoms with Gasteiger partial charge in [-0.1, -0.05) is 36.0 Å². The summed E-state index contributed by atoms with van der Waals surface area (Å²) in [4.78, 5) is 9.09. The lowest BCUT2D eigenvalue weighted by Crippen LogP contribution is -1.85. The topological polar surface area (TPSA) is 25.8 Å². The van der Waals surface area contributed by atoms with Crippen molar-refractivity contribution in [2.24, 2.45) is 0 Å². The molecule has 4 heteroatoms. The molecule has 2 heterocycles. The minimum atomic E-state index is 0.885. The summed E-state index contributed by atoms with van der Waals surface area (Å²) in [5.74, 6) is 0.885. The van der Waals surface area contributed by atoms with Crippen LogP contribution in [0.1, 0.15) is 10.7 Å². The van der Waals surface area contributed by atoms with E-state index in [4.69, 9.17) is 0 Å². The molecular weight excluding hydrogens is 260 g/mol. The van der Waals surface area contributed by atoms with E-state index in [1.54, 1.807) is 23.1 Å². The van der Waals surface area contributed by atoms with Gasteiger partial charge in [0, 0.05) is 16.5 Å². The summed E-state index contributed by atoms with van der Waals surface area (Å²) in [7, 11) is 0. The van der Waals surface area contributed by atoms with Crippen molar-refractivity contribution in [2.45, 2.75) is 17.7 Å². The van der Waals surface area contributed by atoms with E-state index in [0.29, 0.717) is 0 Å². The lowest BCUT2D eigenvalue weighted by molar-refractivity contribution is 1.15. The van der Waals surface area contributed by atoms with E-state index in [1.807, 2.05) is 25.1 Å². The van der Waals surface area contributed by atoms with Gasteiger partial charge in [-0.15, -0.1) is 11.3 Å². The molecule has 0 N–H and O–H groups in total. The number of hydrogen-bond acceptors (Lipinski definition) is 4. The lowest BCUT2D eigenvalue weighted by Gasteiger charge is -2.01. The third kappa shape index (κ3) is 2.54. The average molecular weight is 272 g/mol. The second-order valence-corrected chi connectivity index (χ2v) is 6.05. The van der Waals surface area contributed by atoms with Gasteiger partial charge in [0.2, 0.25) is 0 Å². The zero-order chi connectivity index (χ0) is 12.4. The third-order valence-corrected chi connectivity index (χ3v) is 4.39. The second kappa shape index (κ2) is 5.08. The highest BCUT2D eigenvalue weighted by Gasteiger charge is 2.02. The van der Waals surface area contributed by atoms with Crippen molar-refractivity contribution < 1.29 is 0 Å². The van der Waals surface area contributed by atoms with Crippen molar-refractivity contribution in [1.29, 1.82) is 0 Å². The van der Waals surface area contributed by atoms with Crippen LogP contribution >= 0.6 is 23.1 Å². The van der Waals surface area contributed by atoms with E-state index in [2.05, 4.69) is 33.5 Å². The first-order chi connectivity index (χ1) is 8.81. The number of aromatic nitrogens is 2. The predicted molar refractivity (Wildman–Crippen MR) is 78.2 cm³/mol. The van der Waals surface area contributed by atoms with E-state index in [1.165, 1.54) is 5.39 Å². The molecular formula is C14H12N2S2. The highest BCUT2D eigenvalue weighted by Crippen LogP contribution is 2.24. The molecule has 0 atom stereocenters. The van der Waals surface area contributed by atoms with Gasteiger partial charge in [-0.2, -0.15) is 0 Å². The van der Waals surface area contributed by atoms with Gasteiger partial charge >= 0.3 is 0 Å². The number of nitrogens with zero attached hydrogens (tertiary/aromatic N) is 2. The molecule has 3 aromatic rings. The standard InChI is InChI=1S/C14H12N2S2/c1-10-15-12(8-17-10)9-18-14-7-6-11-4-2-3-5-13(11)16-14/h2-8H,9H2,1H3. The number of benzene rings is 1. The van der Waals surface area contributed by atoms with E-state index < -0.39 is 0 Å². The van der Waals surface area contributed by atoms with Crippen LogP contribution in [0.25, 0.3) is 10.9 Å². The monoisotopic (exact) mass is 272 g/mol. The number of aryl methyl sites for hydroxylation is 1. The second-order valence-electron chi connectivity index (χ2n) is 3.99. The fourth-order valence-corrected chi connectivity index (χ4v) is 3.24. The van der Waals surface area contributed by atoms with Gasteiger partial charge < -0.3 is 0 Å². The van der Waals surface area contributed by atoms with Crippen LogP contribution in [0, 0.1) is 6.92 Å². The van der Waals surface area contributed by atoms with Gasteiger partial charge in [-0.05, 0) is 19.1 Å². The van der Waals surface area contributed by atoms with Crippen LogP contribution in [0.3, 0.4) is 0 Å². The maximum atomic E-state index is 4.64. The number of thioether (sulfide) groups is 1. The number of thiazole rings is 1. The highest BCUT2D eigenvalue weighted by molar-refractivity contribution is 7.98. The van der Waals surface area contributed by atoms with Crippen molar-refractivity contribution >= 4 is 34.0 Å². The zero-order valence-electron chi connectivity index (χ0n) is 9.96.